The average Bonchev–Trinajstić information content (AvgIpc) is 2.88. The van der Waals surface area contributed by atoms with Gasteiger partial charge in [-0.25, -0.2) is 4.79 Å². The first kappa shape index (κ1) is 19.8. The number of ether oxygens (including phenoxy) is 1. The minimum atomic E-state index is -1.03. The normalized spacial score (nSPS) is 14.9. The number of para-hydroxylation sites is 1. The van der Waals surface area contributed by atoms with E-state index in [1.54, 1.807) is 12.1 Å². The van der Waals surface area contributed by atoms with Crippen LogP contribution in [0.25, 0.3) is 11.3 Å². The minimum absolute atomic E-state index is 0.146. The summed E-state index contributed by atoms with van der Waals surface area (Å²) in [6.07, 6.45) is -0.844. The molecule has 1 aliphatic heterocycles. The monoisotopic (exact) mass is 422 g/mol. The summed E-state index contributed by atoms with van der Waals surface area (Å²) in [6.45, 7) is 3.44. The highest BCUT2D eigenvalue weighted by molar-refractivity contribution is 7.99. The number of aromatic nitrogens is 3. The van der Waals surface area contributed by atoms with Crippen molar-refractivity contribution in [2.24, 2.45) is 0 Å². The third-order valence-electron chi connectivity index (χ3n) is 4.57. The van der Waals surface area contributed by atoms with Crippen molar-refractivity contribution in [2.45, 2.75) is 25.2 Å². The van der Waals surface area contributed by atoms with Crippen LogP contribution in [0.1, 0.15) is 36.0 Å². The van der Waals surface area contributed by atoms with E-state index in [2.05, 4.69) is 15.2 Å². The number of carbonyl (C=O) groups excluding carboxylic acids is 1. The second-order valence-corrected chi connectivity index (χ2v) is 7.72. The van der Waals surface area contributed by atoms with E-state index in [0.717, 1.165) is 5.75 Å². The summed E-state index contributed by atoms with van der Waals surface area (Å²) < 4.78 is 6.22. The molecular weight excluding hydrogens is 404 g/mol. The lowest BCUT2D eigenvalue weighted by atomic mass is 10.1. The highest BCUT2D eigenvalue weighted by Gasteiger charge is 2.34. The second-order valence-electron chi connectivity index (χ2n) is 6.48. The van der Waals surface area contributed by atoms with Crippen LogP contribution in [-0.2, 0) is 4.79 Å². The molecule has 30 heavy (non-hydrogen) atoms. The summed E-state index contributed by atoms with van der Waals surface area (Å²) >= 11 is 1.43. The fourth-order valence-electron chi connectivity index (χ4n) is 3.25. The van der Waals surface area contributed by atoms with E-state index >= 15 is 0 Å². The Morgan fingerprint density at radius 2 is 1.87 bits per heavy atom. The molecule has 1 aromatic heterocycles. The molecule has 1 atom stereocenters. The van der Waals surface area contributed by atoms with Crippen molar-refractivity contribution >= 4 is 29.3 Å². The van der Waals surface area contributed by atoms with Crippen molar-refractivity contribution in [2.75, 3.05) is 10.7 Å². The summed E-state index contributed by atoms with van der Waals surface area (Å²) in [7, 11) is 0. The maximum atomic E-state index is 12.7. The number of carboxylic acids is 1. The molecule has 0 unspecified atom stereocenters. The Balaban J connectivity index is 1.90. The van der Waals surface area contributed by atoms with Crippen LogP contribution in [0.5, 0.6) is 5.88 Å². The predicted molar refractivity (Wildman–Crippen MR) is 112 cm³/mol. The highest BCUT2D eigenvalue weighted by atomic mass is 32.2. The van der Waals surface area contributed by atoms with Gasteiger partial charge in [-0.05, 0) is 24.0 Å². The van der Waals surface area contributed by atoms with E-state index < -0.39 is 12.2 Å². The van der Waals surface area contributed by atoms with Gasteiger partial charge < -0.3 is 9.84 Å². The zero-order chi connectivity index (χ0) is 21.3. The summed E-state index contributed by atoms with van der Waals surface area (Å²) in [5, 5.41) is 18.2. The van der Waals surface area contributed by atoms with Crippen LogP contribution in [0.2, 0.25) is 0 Å². The van der Waals surface area contributed by atoms with Gasteiger partial charge in [0, 0.05) is 18.1 Å². The maximum absolute atomic E-state index is 12.7. The highest BCUT2D eigenvalue weighted by Crippen LogP contribution is 2.43. The fourth-order valence-corrected chi connectivity index (χ4v) is 3.75. The van der Waals surface area contributed by atoms with Gasteiger partial charge in [-0.15, -0.1) is 10.2 Å². The lowest BCUT2D eigenvalue weighted by Gasteiger charge is -2.29. The zero-order valence-corrected chi connectivity index (χ0v) is 17.1. The molecular formula is C21H18N4O4S. The number of rotatable bonds is 4. The first-order valence-corrected chi connectivity index (χ1v) is 10.2. The number of thioether (sulfide) groups is 1. The lowest BCUT2D eigenvalue weighted by molar-refractivity contribution is -0.118. The Hall–Kier alpha value is -3.46. The number of nitrogens with zero attached hydrogens (tertiary/aromatic N) is 4. The van der Waals surface area contributed by atoms with Crippen LogP contribution in [-0.4, -0.2) is 37.9 Å². The van der Waals surface area contributed by atoms with Gasteiger partial charge in [0.1, 0.15) is 0 Å². The molecule has 4 rings (SSSR count). The Kier molecular flexibility index (Phi) is 5.37. The molecule has 0 radical (unpaired) electrons. The Bertz CT molecular complexity index is 1120. The molecule has 0 saturated heterocycles. The first-order valence-electron chi connectivity index (χ1n) is 9.26. The van der Waals surface area contributed by atoms with Gasteiger partial charge in [0.05, 0.1) is 11.3 Å². The van der Waals surface area contributed by atoms with Gasteiger partial charge in [-0.1, -0.05) is 49.0 Å². The Morgan fingerprint density at radius 1 is 1.13 bits per heavy atom. The second kappa shape index (κ2) is 8.11. The van der Waals surface area contributed by atoms with Crippen LogP contribution in [0, 0.1) is 0 Å². The first-order chi connectivity index (χ1) is 14.5. The molecule has 2 heterocycles. The summed E-state index contributed by atoms with van der Waals surface area (Å²) in [6, 6.07) is 13.5. The maximum Gasteiger partial charge on any atom is 0.335 e. The molecule has 1 aliphatic rings. The van der Waals surface area contributed by atoms with Gasteiger partial charge in [0.25, 0.3) is 0 Å². The largest absolute Gasteiger partial charge is 0.478 e. The SMILES string of the molecule is CCSc1nnc2c(n1)O[C@H](c1ccc(C(=O)O)cc1)N(C(C)=O)c1ccccc1-2. The number of carboxylic acid groups (broad SMARTS) is 1. The van der Waals surface area contributed by atoms with Crippen LogP contribution in [0.3, 0.4) is 0 Å². The number of amides is 1. The van der Waals surface area contributed by atoms with Crippen LogP contribution >= 0.6 is 11.8 Å². The van der Waals surface area contributed by atoms with E-state index in [1.807, 2.05) is 31.2 Å². The van der Waals surface area contributed by atoms with Gasteiger partial charge in [0.2, 0.25) is 23.2 Å². The van der Waals surface area contributed by atoms with Crippen LogP contribution in [0.15, 0.2) is 53.7 Å². The van der Waals surface area contributed by atoms with Crippen molar-refractivity contribution < 1.29 is 19.4 Å². The van der Waals surface area contributed by atoms with E-state index in [0.29, 0.717) is 27.7 Å². The summed E-state index contributed by atoms with van der Waals surface area (Å²) in [4.78, 5) is 29.9. The third-order valence-corrected chi connectivity index (χ3v) is 5.29. The molecule has 2 aromatic carbocycles. The zero-order valence-electron chi connectivity index (χ0n) is 16.3. The molecule has 0 spiro atoms. The molecule has 0 fully saturated rings. The summed E-state index contributed by atoms with van der Waals surface area (Å²) in [5.41, 5.74) is 2.50. The average molecular weight is 422 g/mol. The molecule has 8 nitrogen and oxygen atoms in total. The molecule has 152 valence electrons. The fraction of sp³-hybridized carbons (Fsp3) is 0.190. The number of carbonyl (C=O) groups is 2. The van der Waals surface area contributed by atoms with Crippen LogP contribution in [0.4, 0.5) is 5.69 Å². The topological polar surface area (TPSA) is 106 Å². The molecule has 1 N–H and O–H groups in total. The molecule has 0 saturated carbocycles. The van der Waals surface area contributed by atoms with Gasteiger partial charge in [-0.3, -0.25) is 9.69 Å². The number of hydrogen-bond donors (Lipinski definition) is 1. The van der Waals surface area contributed by atoms with Crippen LogP contribution < -0.4 is 9.64 Å². The molecule has 3 aromatic rings. The number of fused-ring (bicyclic) bond motifs is 3. The van der Waals surface area contributed by atoms with Crippen molar-refractivity contribution in [3.05, 3.63) is 59.7 Å². The van der Waals surface area contributed by atoms with E-state index in [9.17, 15) is 14.7 Å². The van der Waals surface area contributed by atoms with Crippen molar-refractivity contribution in [1.82, 2.24) is 15.2 Å². The molecule has 9 heteroatoms. The number of benzene rings is 2. The van der Waals surface area contributed by atoms with Crippen molar-refractivity contribution in [3.63, 3.8) is 0 Å². The Labute approximate surface area is 176 Å². The Morgan fingerprint density at radius 3 is 2.53 bits per heavy atom. The minimum Gasteiger partial charge on any atom is -0.478 e. The quantitative estimate of drug-likeness (QED) is 0.633. The van der Waals surface area contributed by atoms with Gasteiger partial charge in [-0.2, -0.15) is 4.98 Å². The number of hydrogen-bond acceptors (Lipinski definition) is 7. The van der Waals surface area contributed by atoms with Crippen molar-refractivity contribution in [1.29, 1.82) is 0 Å². The van der Waals surface area contributed by atoms with E-state index in [-0.39, 0.29) is 17.4 Å². The van der Waals surface area contributed by atoms with Gasteiger partial charge >= 0.3 is 5.97 Å². The molecule has 1 amide bonds. The predicted octanol–water partition coefficient (Wildman–Crippen LogP) is 3.79. The molecule has 0 aliphatic carbocycles. The van der Waals surface area contributed by atoms with Gasteiger partial charge in [0.15, 0.2) is 5.69 Å². The van der Waals surface area contributed by atoms with Crippen molar-refractivity contribution in [3.8, 4) is 17.1 Å². The number of anilines is 1. The lowest BCUT2D eigenvalue weighted by Crippen LogP contribution is -2.36. The molecule has 0 bridgehead atoms. The summed E-state index contributed by atoms with van der Waals surface area (Å²) in [5.74, 6) is -0.222. The standard InChI is InChI=1S/C21H18N4O4S/c1-3-30-21-22-18-17(23-24-21)15-6-4-5-7-16(15)25(12(2)26)19(29-18)13-8-10-14(11-9-13)20(27)28/h4-11,19H,3H2,1-2H3,(H,27,28)/t19-/m1/s1. The third kappa shape index (κ3) is 3.59. The number of aromatic carboxylic acids is 1. The van der Waals surface area contributed by atoms with E-state index in [4.69, 9.17) is 4.74 Å². The smallest absolute Gasteiger partial charge is 0.335 e. The van der Waals surface area contributed by atoms with E-state index in [1.165, 1.54) is 35.7 Å².